The number of H-pyrrole nitrogens is 1. The largest absolute Gasteiger partial charge is 0.378 e. The van der Waals surface area contributed by atoms with Crippen molar-refractivity contribution in [3.63, 3.8) is 0 Å². The Morgan fingerprint density at radius 3 is 2.84 bits per heavy atom. The number of hydrogen-bond donors (Lipinski definition) is 1. The number of imidazole rings is 1. The minimum atomic E-state index is -0.177. The van der Waals surface area contributed by atoms with Gasteiger partial charge >= 0.3 is 0 Å². The van der Waals surface area contributed by atoms with Crippen molar-refractivity contribution in [3.05, 3.63) is 59.2 Å². The SMILES string of the molecule is Cc1c2c(nn1C)C(=O)N1c3ccc4[nH]cnc4c3-c3cc(N4CCOCC4)ccc3C21. The van der Waals surface area contributed by atoms with Gasteiger partial charge < -0.3 is 14.6 Å². The third kappa shape index (κ3) is 2.17. The van der Waals surface area contributed by atoms with Gasteiger partial charge in [0.25, 0.3) is 5.91 Å². The number of rotatable bonds is 1. The summed E-state index contributed by atoms with van der Waals surface area (Å²) in [6.07, 6.45) is 1.72. The smallest absolute Gasteiger partial charge is 0.280 e. The lowest BCUT2D eigenvalue weighted by molar-refractivity contribution is 0.0987. The topological polar surface area (TPSA) is 79.3 Å². The average molecular weight is 426 g/mol. The summed E-state index contributed by atoms with van der Waals surface area (Å²) >= 11 is 0. The molecular weight excluding hydrogens is 404 g/mol. The molecule has 0 spiro atoms. The van der Waals surface area contributed by atoms with Crippen molar-refractivity contribution in [3.8, 4) is 11.1 Å². The molecular formula is C24H22N6O2. The number of aryl methyl sites for hydroxylation is 1. The first-order valence-electron chi connectivity index (χ1n) is 10.9. The molecule has 1 unspecified atom stereocenters. The Morgan fingerprint density at radius 1 is 1.16 bits per heavy atom. The van der Waals surface area contributed by atoms with Crippen molar-refractivity contribution >= 4 is 28.3 Å². The summed E-state index contributed by atoms with van der Waals surface area (Å²) in [7, 11) is 1.90. The van der Waals surface area contributed by atoms with Gasteiger partial charge in [-0.2, -0.15) is 5.10 Å². The molecule has 3 aliphatic rings. The highest BCUT2D eigenvalue weighted by Gasteiger charge is 2.47. The highest BCUT2D eigenvalue weighted by molar-refractivity contribution is 6.17. The zero-order valence-corrected chi connectivity index (χ0v) is 17.9. The van der Waals surface area contributed by atoms with Gasteiger partial charge in [-0.3, -0.25) is 14.4 Å². The normalized spacial score (nSPS) is 19.2. The Balaban J connectivity index is 1.53. The predicted molar refractivity (Wildman–Crippen MR) is 121 cm³/mol. The summed E-state index contributed by atoms with van der Waals surface area (Å²) in [6, 6.07) is 10.5. The summed E-state index contributed by atoms with van der Waals surface area (Å²) in [5.74, 6) is -0.0484. The molecule has 1 atom stereocenters. The van der Waals surface area contributed by atoms with Gasteiger partial charge in [0.2, 0.25) is 0 Å². The van der Waals surface area contributed by atoms with E-state index >= 15 is 0 Å². The van der Waals surface area contributed by atoms with Crippen LogP contribution in [0.3, 0.4) is 0 Å². The van der Waals surface area contributed by atoms with Crippen LogP contribution in [0.4, 0.5) is 11.4 Å². The quantitative estimate of drug-likeness (QED) is 0.506. The maximum atomic E-state index is 13.6. The van der Waals surface area contributed by atoms with Crippen LogP contribution in [0.25, 0.3) is 22.2 Å². The van der Waals surface area contributed by atoms with Crippen molar-refractivity contribution in [2.24, 2.45) is 7.05 Å². The maximum absolute atomic E-state index is 13.6. The predicted octanol–water partition coefficient (Wildman–Crippen LogP) is 3.17. The molecule has 1 saturated heterocycles. The van der Waals surface area contributed by atoms with Crippen LogP contribution in [0.2, 0.25) is 0 Å². The molecule has 8 heteroatoms. The Morgan fingerprint density at radius 2 is 2.00 bits per heavy atom. The van der Waals surface area contributed by atoms with Crippen LogP contribution in [0.1, 0.15) is 33.4 Å². The van der Waals surface area contributed by atoms with Gasteiger partial charge in [0.15, 0.2) is 5.69 Å². The molecule has 2 aromatic heterocycles. The summed E-state index contributed by atoms with van der Waals surface area (Å²) in [5.41, 5.74) is 9.75. The first-order chi connectivity index (χ1) is 15.6. The van der Waals surface area contributed by atoms with E-state index < -0.39 is 0 Å². The molecule has 1 fully saturated rings. The van der Waals surface area contributed by atoms with Crippen molar-refractivity contribution in [1.29, 1.82) is 0 Å². The molecule has 160 valence electrons. The van der Waals surface area contributed by atoms with Crippen LogP contribution in [0.15, 0.2) is 36.7 Å². The number of carbonyl (C=O) groups is 1. The first kappa shape index (κ1) is 18.0. The minimum absolute atomic E-state index is 0.0484. The van der Waals surface area contributed by atoms with E-state index in [1.807, 2.05) is 35.7 Å². The van der Waals surface area contributed by atoms with Crippen LogP contribution in [0, 0.1) is 6.92 Å². The monoisotopic (exact) mass is 426 g/mol. The third-order valence-electron chi connectivity index (χ3n) is 7.14. The molecule has 0 radical (unpaired) electrons. The second-order valence-corrected chi connectivity index (χ2v) is 8.68. The number of nitrogens with one attached hydrogen (secondary N) is 1. The second-order valence-electron chi connectivity index (χ2n) is 8.68. The molecule has 8 nitrogen and oxygen atoms in total. The fourth-order valence-electron chi connectivity index (χ4n) is 5.49. The molecule has 5 heterocycles. The van der Waals surface area contributed by atoms with Gasteiger partial charge in [0.1, 0.15) is 0 Å². The van der Waals surface area contributed by atoms with Gasteiger partial charge in [0.05, 0.1) is 42.3 Å². The number of nitrogens with zero attached hydrogens (tertiary/aromatic N) is 5. The number of benzene rings is 2. The number of hydrogen-bond acceptors (Lipinski definition) is 5. The van der Waals surface area contributed by atoms with Crippen molar-refractivity contribution in [1.82, 2.24) is 19.7 Å². The highest BCUT2D eigenvalue weighted by atomic mass is 16.5. The minimum Gasteiger partial charge on any atom is -0.378 e. The fourth-order valence-corrected chi connectivity index (χ4v) is 5.49. The number of ether oxygens (including phenoxy) is 1. The summed E-state index contributed by atoms with van der Waals surface area (Å²) < 4.78 is 7.36. The van der Waals surface area contributed by atoms with Gasteiger partial charge in [-0.05, 0) is 42.3 Å². The average Bonchev–Trinajstić information content (AvgIpc) is 3.49. The van der Waals surface area contributed by atoms with E-state index in [-0.39, 0.29) is 11.9 Å². The number of carbonyl (C=O) groups excluding carboxylic acids is 1. The van der Waals surface area contributed by atoms with E-state index in [1.165, 1.54) is 5.69 Å². The lowest BCUT2D eigenvalue weighted by atomic mass is 9.85. The molecule has 4 aromatic rings. The number of amides is 1. The van der Waals surface area contributed by atoms with Gasteiger partial charge in [0, 0.05) is 42.6 Å². The Labute approximate surface area is 184 Å². The molecule has 0 aliphatic carbocycles. The van der Waals surface area contributed by atoms with E-state index in [0.717, 1.165) is 71.0 Å². The van der Waals surface area contributed by atoms with Crippen LogP contribution >= 0.6 is 0 Å². The fraction of sp³-hybridized carbons (Fsp3) is 0.292. The van der Waals surface area contributed by atoms with Crippen LogP contribution < -0.4 is 9.80 Å². The van der Waals surface area contributed by atoms with E-state index in [4.69, 9.17) is 4.74 Å². The van der Waals surface area contributed by atoms with Crippen LogP contribution in [0.5, 0.6) is 0 Å². The van der Waals surface area contributed by atoms with E-state index in [1.54, 1.807) is 6.33 Å². The zero-order chi connectivity index (χ0) is 21.6. The zero-order valence-electron chi connectivity index (χ0n) is 17.9. The van der Waals surface area contributed by atoms with E-state index in [2.05, 4.69) is 38.2 Å². The summed E-state index contributed by atoms with van der Waals surface area (Å²) in [6.45, 7) is 5.26. The molecule has 3 aliphatic heterocycles. The highest BCUT2D eigenvalue weighted by Crippen LogP contribution is 2.54. The van der Waals surface area contributed by atoms with Crippen molar-refractivity contribution in [2.45, 2.75) is 13.0 Å². The number of fused-ring (bicyclic) bond motifs is 10. The van der Waals surface area contributed by atoms with E-state index in [9.17, 15) is 4.79 Å². The molecule has 7 rings (SSSR count). The first-order valence-corrected chi connectivity index (χ1v) is 10.9. The number of anilines is 2. The second kappa shape index (κ2) is 6.20. The van der Waals surface area contributed by atoms with E-state index in [0.29, 0.717) is 5.69 Å². The number of aromatic amines is 1. The number of morpholine rings is 1. The molecule has 1 amide bonds. The standard InChI is InChI=1S/C24H22N6O2/c1-13-19-22(27-28(13)2)24(31)30-18-6-5-17-21(26-12-25-17)20(18)16-11-14(3-4-15(16)23(19)30)29-7-9-32-10-8-29/h3-6,11-12,23H,7-10H2,1-2H3,(H,25,26). The Bertz CT molecular complexity index is 1430. The maximum Gasteiger partial charge on any atom is 0.280 e. The Kier molecular flexibility index (Phi) is 3.48. The molecule has 0 bridgehead atoms. The van der Waals surface area contributed by atoms with Gasteiger partial charge in [-0.1, -0.05) is 6.07 Å². The van der Waals surface area contributed by atoms with Gasteiger partial charge in [-0.25, -0.2) is 4.98 Å². The Hall–Kier alpha value is -3.65. The van der Waals surface area contributed by atoms with Crippen LogP contribution in [-0.2, 0) is 11.8 Å². The lowest BCUT2D eigenvalue weighted by Crippen LogP contribution is -2.36. The molecule has 32 heavy (non-hydrogen) atoms. The van der Waals surface area contributed by atoms with Crippen molar-refractivity contribution in [2.75, 3.05) is 36.1 Å². The molecule has 1 N–H and O–H groups in total. The summed E-state index contributed by atoms with van der Waals surface area (Å²) in [4.78, 5) is 25.7. The van der Waals surface area contributed by atoms with Gasteiger partial charge in [-0.15, -0.1) is 0 Å². The molecule has 0 saturated carbocycles. The van der Waals surface area contributed by atoms with Crippen LogP contribution in [-0.4, -0.2) is 52.0 Å². The third-order valence-corrected chi connectivity index (χ3v) is 7.14. The summed E-state index contributed by atoms with van der Waals surface area (Å²) in [5, 5.41) is 4.57. The molecule has 2 aromatic carbocycles. The number of aromatic nitrogens is 4. The lowest BCUT2D eigenvalue weighted by Gasteiger charge is -2.36. The van der Waals surface area contributed by atoms with Crippen molar-refractivity contribution < 1.29 is 9.53 Å².